The highest BCUT2D eigenvalue weighted by atomic mass is 32.2. The summed E-state index contributed by atoms with van der Waals surface area (Å²) in [4.78, 5) is 24.4. The van der Waals surface area contributed by atoms with Crippen LogP contribution in [0.1, 0.15) is 18.4 Å². The minimum Gasteiger partial charge on any atom is -0.346 e. The Morgan fingerprint density at radius 3 is 2.39 bits per heavy atom. The minimum absolute atomic E-state index is 0.0895. The number of nitrogens with zero attached hydrogens (tertiary/aromatic N) is 1. The predicted molar refractivity (Wildman–Crippen MR) is 106 cm³/mol. The monoisotopic (exact) mass is 401 g/mol. The molecule has 0 spiro atoms. The zero-order valence-electron chi connectivity index (χ0n) is 15.6. The van der Waals surface area contributed by atoms with Gasteiger partial charge in [-0.1, -0.05) is 35.9 Å². The molecule has 1 saturated heterocycles. The average Bonchev–Trinajstić information content (AvgIpc) is 3.18. The van der Waals surface area contributed by atoms with Crippen molar-refractivity contribution in [1.82, 2.24) is 9.62 Å². The number of sulfonamides is 1. The lowest BCUT2D eigenvalue weighted by atomic mass is 10.2. The third-order valence-electron chi connectivity index (χ3n) is 4.69. The molecule has 1 atom stereocenters. The van der Waals surface area contributed by atoms with E-state index < -0.39 is 21.8 Å². The number of aryl methyl sites for hydroxylation is 1. The molecule has 7 nitrogen and oxygen atoms in total. The standard InChI is InChI=1S/C20H23N3O4S/c1-15-9-11-16(12-10-15)22-20(25)19(24)21-14-17-6-5-13-23(17)28(26,27)18-7-3-2-4-8-18/h2-4,7-12,17H,5-6,13-14H2,1H3,(H,21,24)(H,22,25)/t17-/m0/s1. The number of benzene rings is 2. The quantitative estimate of drug-likeness (QED) is 0.748. The van der Waals surface area contributed by atoms with E-state index in [1.807, 2.05) is 19.1 Å². The first-order chi connectivity index (χ1) is 13.4. The number of amides is 2. The topological polar surface area (TPSA) is 95.6 Å². The third kappa shape index (κ3) is 4.58. The summed E-state index contributed by atoms with van der Waals surface area (Å²) >= 11 is 0. The number of rotatable bonds is 5. The summed E-state index contributed by atoms with van der Waals surface area (Å²) in [7, 11) is -3.63. The maximum absolute atomic E-state index is 12.8. The molecule has 1 aliphatic heterocycles. The lowest BCUT2D eigenvalue weighted by Gasteiger charge is -2.24. The van der Waals surface area contributed by atoms with Gasteiger partial charge in [-0.05, 0) is 44.0 Å². The largest absolute Gasteiger partial charge is 0.346 e. The van der Waals surface area contributed by atoms with Gasteiger partial charge in [0.25, 0.3) is 0 Å². The van der Waals surface area contributed by atoms with Crippen LogP contribution in [-0.2, 0) is 19.6 Å². The van der Waals surface area contributed by atoms with Crippen LogP contribution >= 0.6 is 0 Å². The Morgan fingerprint density at radius 1 is 1.04 bits per heavy atom. The zero-order chi connectivity index (χ0) is 20.1. The van der Waals surface area contributed by atoms with Crippen LogP contribution in [0.2, 0.25) is 0 Å². The van der Waals surface area contributed by atoms with E-state index in [1.54, 1.807) is 42.5 Å². The summed E-state index contributed by atoms with van der Waals surface area (Å²) in [6.45, 7) is 2.41. The summed E-state index contributed by atoms with van der Waals surface area (Å²) in [5.74, 6) is -1.57. The molecule has 0 radical (unpaired) electrons. The highest BCUT2D eigenvalue weighted by Gasteiger charge is 2.35. The molecular formula is C20H23N3O4S. The molecular weight excluding hydrogens is 378 g/mol. The molecule has 2 amide bonds. The van der Waals surface area contributed by atoms with Crippen LogP contribution in [0.3, 0.4) is 0 Å². The molecule has 148 valence electrons. The molecule has 28 heavy (non-hydrogen) atoms. The summed E-state index contributed by atoms with van der Waals surface area (Å²) in [6, 6.07) is 14.9. The third-order valence-corrected chi connectivity index (χ3v) is 6.65. The van der Waals surface area contributed by atoms with Crippen LogP contribution < -0.4 is 10.6 Å². The van der Waals surface area contributed by atoms with Crippen LogP contribution in [0.4, 0.5) is 5.69 Å². The van der Waals surface area contributed by atoms with Crippen molar-refractivity contribution >= 4 is 27.5 Å². The van der Waals surface area contributed by atoms with Crippen molar-refractivity contribution in [3.63, 3.8) is 0 Å². The molecule has 0 bridgehead atoms. The normalized spacial score (nSPS) is 17.2. The van der Waals surface area contributed by atoms with E-state index in [-0.39, 0.29) is 17.5 Å². The second-order valence-electron chi connectivity index (χ2n) is 6.76. The van der Waals surface area contributed by atoms with E-state index in [2.05, 4.69) is 10.6 Å². The van der Waals surface area contributed by atoms with Gasteiger partial charge in [0.1, 0.15) is 0 Å². The Bertz CT molecular complexity index is 943. The molecule has 0 saturated carbocycles. The lowest BCUT2D eigenvalue weighted by Crippen LogP contribution is -2.45. The predicted octanol–water partition coefficient (Wildman–Crippen LogP) is 1.90. The van der Waals surface area contributed by atoms with Gasteiger partial charge in [0.2, 0.25) is 10.0 Å². The average molecular weight is 401 g/mol. The number of nitrogens with one attached hydrogen (secondary N) is 2. The smallest absolute Gasteiger partial charge is 0.313 e. The van der Waals surface area contributed by atoms with Gasteiger partial charge in [-0.25, -0.2) is 8.42 Å². The van der Waals surface area contributed by atoms with Gasteiger partial charge in [0.05, 0.1) is 4.90 Å². The summed E-state index contributed by atoms with van der Waals surface area (Å²) in [5.41, 5.74) is 1.57. The highest BCUT2D eigenvalue weighted by Crippen LogP contribution is 2.25. The molecule has 3 rings (SSSR count). The first-order valence-electron chi connectivity index (χ1n) is 9.10. The van der Waals surface area contributed by atoms with Crippen LogP contribution in [0.15, 0.2) is 59.5 Å². The molecule has 0 aromatic heterocycles. The van der Waals surface area contributed by atoms with Crippen molar-refractivity contribution in [2.75, 3.05) is 18.4 Å². The molecule has 1 heterocycles. The van der Waals surface area contributed by atoms with E-state index in [0.29, 0.717) is 25.1 Å². The van der Waals surface area contributed by atoms with Crippen molar-refractivity contribution in [3.8, 4) is 0 Å². The van der Waals surface area contributed by atoms with Crippen molar-refractivity contribution in [3.05, 3.63) is 60.2 Å². The second kappa shape index (κ2) is 8.53. The van der Waals surface area contributed by atoms with Gasteiger partial charge in [-0.3, -0.25) is 9.59 Å². The van der Waals surface area contributed by atoms with Crippen LogP contribution in [0.5, 0.6) is 0 Å². The highest BCUT2D eigenvalue weighted by molar-refractivity contribution is 7.89. The van der Waals surface area contributed by atoms with Crippen LogP contribution in [0.25, 0.3) is 0 Å². The van der Waals surface area contributed by atoms with Gasteiger partial charge in [0.15, 0.2) is 0 Å². The van der Waals surface area contributed by atoms with E-state index in [4.69, 9.17) is 0 Å². The second-order valence-corrected chi connectivity index (χ2v) is 8.65. The first kappa shape index (κ1) is 20.0. The molecule has 2 aromatic carbocycles. The molecule has 2 aromatic rings. The van der Waals surface area contributed by atoms with E-state index >= 15 is 0 Å². The fraction of sp³-hybridized carbons (Fsp3) is 0.300. The zero-order valence-corrected chi connectivity index (χ0v) is 16.4. The summed E-state index contributed by atoms with van der Waals surface area (Å²) < 4.78 is 27.1. The molecule has 8 heteroatoms. The van der Waals surface area contributed by atoms with E-state index in [0.717, 1.165) is 5.56 Å². The van der Waals surface area contributed by atoms with Gasteiger partial charge < -0.3 is 10.6 Å². The molecule has 0 aliphatic carbocycles. The molecule has 2 N–H and O–H groups in total. The Labute approximate surface area is 164 Å². The van der Waals surface area contributed by atoms with Crippen LogP contribution in [-0.4, -0.2) is 43.7 Å². The lowest BCUT2D eigenvalue weighted by molar-refractivity contribution is -0.136. The number of carbonyl (C=O) groups excluding carboxylic acids is 2. The summed E-state index contributed by atoms with van der Waals surface area (Å²) in [5, 5.41) is 5.08. The Balaban J connectivity index is 1.59. The Kier molecular flexibility index (Phi) is 6.11. The molecule has 1 fully saturated rings. The number of anilines is 1. The maximum atomic E-state index is 12.8. The first-order valence-corrected chi connectivity index (χ1v) is 10.5. The van der Waals surface area contributed by atoms with E-state index in [9.17, 15) is 18.0 Å². The Hall–Kier alpha value is -2.71. The van der Waals surface area contributed by atoms with Gasteiger partial charge in [-0.15, -0.1) is 0 Å². The molecule has 0 unspecified atom stereocenters. The van der Waals surface area contributed by atoms with Gasteiger partial charge >= 0.3 is 11.8 Å². The number of carbonyl (C=O) groups is 2. The van der Waals surface area contributed by atoms with Crippen molar-refractivity contribution in [2.24, 2.45) is 0 Å². The van der Waals surface area contributed by atoms with Crippen LogP contribution in [0, 0.1) is 6.92 Å². The van der Waals surface area contributed by atoms with Gasteiger partial charge in [0, 0.05) is 24.8 Å². The molecule has 1 aliphatic rings. The van der Waals surface area contributed by atoms with Crippen molar-refractivity contribution < 1.29 is 18.0 Å². The minimum atomic E-state index is -3.63. The SMILES string of the molecule is Cc1ccc(NC(=O)C(=O)NC[C@@H]2CCCN2S(=O)(=O)c2ccccc2)cc1. The van der Waals surface area contributed by atoms with Gasteiger partial charge in [-0.2, -0.15) is 4.31 Å². The number of hydrogen-bond acceptors (Lipinski definition) is 4. The fourth-order valence-electron chi connectivity index (χ4n) is 3.17. The Morgan fingerprint density at radius 2 is 1.71 bits per heavy atom. The van der Waals surface area contributed by atoms with Crippen molar-refractivity contribution in [1.29, 1.82) is 0 Å². The van der Waals surface area contributed by atoms with Crippen molar-refractivity contribution in [2.45, 2.75) is 30.7 Å². The fourth-order valence-corrected chi connectivity index (χ4v) is 4.89. The summed E-state index contributed by atoms with van der Waals surface area (Å²) in [6.07, 6.45) is 1.34. The maximum Gasteiger partial charge on any atom is 0.313 e. The number of hydrogen-bond donors (Lipinski definition) is 2. The van der Waals surface area contributed by atoms with E-state index in [1.165, 1.54) is 4.31 Å².